The Hall–Kier alpha value is -1.63. The number of carbonyl (C=O) groups excluding carboxylic acids is 1. The minimum Gasteiger partial charge on any atom is -0.329 e. The summed E-state index contributed by atoms with van der Waals surface area (Å²) in [6.07, 6.45) is 1.45. The average Bonchev–Trinajstić information content (AvgIpc) is 2.32. The van der Waals surface area contributed by atoms with Crippen LogP contribution in [0.2, 0.25) is 0 Å². The largest absolute Gasteiger partial charge is 0.329 e. The highest BCUT2D eigenvalue weighted by atomic mass is 127. The van der Waals surface area contributed by atoms with E-state index in [4.69, 9.17) is 0 Å². The normalized spacial score (nSPS) is 9.94. The molecule has 1 aromatic carbocycles. The van der Waals surface area contributed by atoms with Gasteiger partial charge in [-0.05, 0) is 52.9 Å². The fraction of sp³-hybridized carbons (Fsp3) is 0. The Morgan fingerprint density at radius 1 is 1.18 bits per heavy atom. The zero-order valence-corrected chi connectivity index (χ0v) is 10.9. The van der Waals surface area contributed by atoms with Crippen molar-refractivity contribution in [3.8, 4) is 0 Å². The number of nitrogens with one attached hydrogen (secondary N) is 2. The Bertz CT molecular complexity index is 590. The highest BCUT2D eigenvalue weighted by Gasteiger charge is 2.05. The van der Waals surface area contributed by atoms with E-state index in [1.165, 1.54) is 12.3 Å². The van der Waals surface area contributed by atoms with Crippen LogP contribution in [0.5, 0.6) is 0 Å². The Morgan fingerprint density at radius 3 is 2.53 bits per heavy atom. The lowest BCUT2D eigenvalue weighted by Gasteiger charge is -2.04. The average molecular weight is 340 g/mol. The maximum Gasteiger partial charge on any atom is 0.255 e. The van der Waals surface area contributed by atoms with Crippen LogP contribution in [-0.4, -0.2) is 10.9 Å². The predicted octanol–water partition coefficient (Wildman–Crippen LogP) is 2.23. The molecule has 0 aliphatic heterocycles. The van der Waals surface area contributed by atoms with Crippen molar-refractivity contribution in [2.75, 3.05) is 5.32 Å². The summed E-state index contributed by atoms with van der Waals surface area (Å²) in [5.74, 6) is -0.294. The number of hydrogen-bond acceptors (Lipinski definition) is 2. The second-order valence-electron chi connectivity index (χ2n) is 3.40. The van der Waals surface area contributed by atoms with E-state index < -0.39 is 0 Å². The molecule has 0 fully saturated rings. The maximum absolute atomic E-state index is 11.8. The lowest BCUT2D eigenvalue weighted by atomic mass is 10.2. The summed E-state index contributed by atoms with van der Waals surface area (Å²) in [5, 5.41) is 2.72. The molecule has 0 bridgehead atoms. The van der Waals surface area contributed by atoms with Gasteiger partial charge in [-0.15, -0.1) is 0 Å². The summed E-state index contributed by atoms with van der Waals surface area (Å²) in [6, 6.07) is 10.2. The molecule has 0 aliphatic rings. The number of H-pyrrole nitrogens is 1. The van der Waals surface area contributed by atoms with Gasteiger partial charge in [0.25, 0.3) is 5.91 Å². The van der Waals surface area contributed by atoms with Gasteiger partial charge in [-0.3, -0.25) is 9.59 Å². The summed E-state index contributed by atoms with van der Waals surface area (Å²) in [7, 11) is 0. The summed E-state index contributed by atoms with van der Waals surface area (Å²) in [5.41, 5.74) is 0.753. The second kappa shape index (κ2) is 5.13. The molecule has 17 heavy (non-hydrogen) atoms. The summed E-state index contributed by atoms with van der Waals surface area (Å²) >= 11 is 2.19. The second-order valence-corrected chi connectivity index (χ2v) is 4.65. The first-order valence-electron chi connectivity index (χ1n) is 4.91. The van der Waals surface area contributed by atoms with Crippen molar-refractivity contribution in [2.45, 2.75) is 0 Å². The molecule has 86 valence electrons. The quantitative estimate of drug-likeness (QED) is 0.824. The molecule has 0 unspecified atom stereocenters. The van der Waals surface area contributed by atoms with Crippen molar-refractivity contribution < 1.29 is 4.79 Å². The number of carbonyl (C=O) groups is 1. The maximum atomic E-state index is 11.8. The van der Waals surface area contributed by atoms with Gasteiger partial charge in [0, 0.05) is 27.1 Å². The molecule has 2 aromatic rings. The number of amides is 1. The van der Waals surface area contributed by atoms with Crippen LogP contribution in [0, 0.1) is 3.57 Å². The first-order valence-corrected chi connectivity index (χ1v) is 5.99. The van der Waals surface area contributed by atoms with E-state index in [1.54, 1.807) is 6.07 Å². The van der Waals surface area contributed by atoms with Crippen LogP contribution in [0.4, 0.5) is 5.69 Å². The third-order valence-electron chi connectivity index (χ3n) is 2.14. The third-order valence-corrected chi connectivity index (χ3v) is 2.86. The number of aromatic amines is 1. The fourth-order valence-corrected chi connectivity index (χ4v) is 1.68. The van der Waals surface area contributed by atoms with Crippen molar-refractivity contribution >= 4 is 34.2 Å². The Balaban J connectivity index is 2.17. The molecule has 1 amide bonds. The molecule has 5 heteroatoms. The van der Waals surface area contributed by atoms with Crippen LogP contribution in [0.15, 0.2) is 47.4 Å². The molecule has 0 saturated carbocycles. The van der Waals surface area contributed by atoms with Crippen molar-refractivity contribution in [1.29, 1.82) is 0 Å². The van der Waals surface area contributed by atoms with Gasteiger partial charge in [-0.2, -0.15) is 0 Å². The van der Waals surface area contributed by atoms with Gasteiger partial charge in [-0.25, -0.2) is 0 Å². The van der Waals surface area contributed by atoms with E-state index in [2.05, 4.69) is 32.9 Å². The van der Waals surface area contributed by atoms with E-state index >= 15 is 0 Å². The first kappa shape index (κ1) is 11.8. The topological polar surface area (TPSA) is 62.0 Å². The minimum atomic E-state index is -0.294. The molecule has 4 nitrogen and oxygen atoms in total. The molecule has 1 heterocycles. The molecular formula is C12H9IN2O2. The molecule has 0 spiro atoms. The third kappa shape index (κ3) is 3.16. The first-order chi connectivity index (χ1) is 8.15. The molecule has 2 rings (SSSR count). The fourth-order valence-electron chi connectivity index (χ4n) is 1.32. The van der Waals surface area contributed by atoms with Crippen molar-refractivity contribution in [3.05, 3.63) is 62.1 Å². The smallest absolute Gasteiger partial charge is 0.255 e. The van der Waals surface area contributed by atoms with Crippen molar-refractivity contribution in [1.82, 2.24) is 4.98 Å². The summed E-state index contributed by atoms with van der Waals surface area (Å²) in [6.45, 7) is 0. The molecule has 2 N–H and O–H groups in total. The summed E-state index contributed by atoms with van der Waals surface area (Å²) in [4.78, 5) is 25.3. The summed E-state index contributed by atoms with van der Waals surface area (Å²) < 4.78 is 1.09. The molecule has 0 aliphatic carbocycles. The minimum absolute atomic E-state index is 0.291. The predicted molar refractivity (Wildman–Crippen MR) is 74.2 cm³/mol. The zero-order valence-electron chi connectivity index (χ0n) is 8.74. The highest BCUT2D eigenvalue weighted by Crippen LogP contribution is 2.12. The van der Waals surface area contributed by atoms with E-state index in [9.17, 15) is 9.59 Å². The standard InChI is InChI=1S/C12H9IN2O2/c13-9-1-3-10(4-2-9)15-12(17)8-5-6-14-11(16)7-8/h1-7H,(H,14,16)(H,15,17). The molecular weight excluding hydrogens is 331 g/mol. The van der Waals surface area contributed by atoms with Crippen LogP contribution >= 0.6 is 22.6 Å². The molecule has 0 saturated heterocycles. The number of halogens is 1. The lowest BCUT2D eigenvalue weighted by molar-refractivity contribution is 0.102. The van der Waals surface area contributed by atoms with Crippen LogP contribution in [0.1, 0.15) is 10.4 Å². The Morgan fingerprint density at radius 2 is 1.88 bits per heavy atom. The number of hydrogen-bond donors (Lipinski definition) is 2. The van der Waals surface area contributed by atoms with Crippen LogP contribution in [-0.2, 0) is 0 Å². The van der Waals surface area contributed by atoms with Crippen molar-refractivity contribution in [2.24, 2.45) is 0 Å². The number of aromatic nitrogens is 1. The number of pyridine rings is 1. The monoisotopic (exact) mass is 340 g/mol. The zero-order chi connectivity index (χ0) is 12.3. The van der Waals surface area contributed by atoms with Gasteiger partial charge in [0.05, 0.1) is 0 Å². The molecule has 1 aromatic heterocycles. The number of anilines is 1. The van der Waals surface area contributed by atoms with Crippen molar-refractivity contribution in [3.63, 3.8) is 0 Å². The Labute approximate surface area is 111 Å². The van der Waals surface area contributed by atoms with Gasteiger partial charge in [0.15, 0.2) is 0 Å². The van der Waals surface area contributed by atoms with Gasteiger partial charge in [-0.1, -0.05) is 0 Å². The lowest BCUT2D eigenvalue weighted by Crippen LogP contribution is -2.15. The van der Waals surface area contributed by atoms with Gasteiger partial charge in [0.2, 0.25) is 5.56 Å². The van der Waals surface area contributed by atoms with Gasteiger partial charge in [0.1, 0.15) is 0 Å². The van der Waals surface area contributed by atoms with Crippen LogP contribution in [0.25, 0.3) is 0 Å². The van der Waals surface area contributed by atoms with Gasteiger partial charge >= 0.3 is 0 Å². The van der Waals surface area contributed by atoms with Crippen LogP contribution < -0.4 is 10.9 Å². The number of rotatable bonds is 2. The Kier molecular flexibility index (Phi) is 3.58. The van der Waals surface area contributed by atoms with E-state index in [1.807, 2.05) is 24.3 Å². The molecule has 0 radical (unpaired) electrons. The van der Waals surface area contributed by atoms with E-state index in [-0.39, 0.29) is 11.5 Å². The van der Waals surface area contributed by atoms with Crippen LogP contribution in [0.3, 0.4) is 0 Å². The molecule has 0 atom stereocenters. The van der Waals surface area contributed by atoms with E-state index in [0.717, 1.165) is 3.57 Å². The van der Waals surface area contributed by atoms with Gasteiger partial charge < -0.3 is 10.3 Å². The van der Waals surface area contributed by atoms with E-state index in [0.29, 0.717) is 11.3 Å². The highest BCUT2D eigenvalue weighted by molar-refractivity contribution is 14.1. The number of benzene rings is 1. The SMILES string of the molecule is O=C(Nc1ccc(I)cc1)c1cc[nH]c(=O)c1.